The molecule has 2 fully saturated rings. The average molecular weight is 599 g/mol. The molecule has 13 heteroatoms. The van der Waals surface area contributed by atoms with Crippen molar-refractivity contribution < 1.29 is 18.8 Å². The Morgan fingerprint density at radius 2 is 1.88 bits per heavy atom. The molecule has 0 spiro atoms. The van der Waals surface area contributed by atoms with E-state index in [1.807, 2.05) is 30.3 Å². The van der Waals surface area contributed by atoms with E-state index in [0.717, 1.165) is 10.3 Å². The van der Waals surface area contributed by atoms with Crippen molar-refractivity contribution in [3.63, 3.8) is 0 Å². The summed E-state index contributed by atoms with van der Waals surface area (Å²) in [7, 11) is 0. The van der Waals surface area contributed by atoms with E-state index in [9.17, 15) is 24.0 Å². The number of aromatic nitrogens is 1. The van der Waals surface area contributed by atoms with Gasteiger partial charge in [-0.2, -0.15) is 10.3 Å². The number of nitrogen functional groups attached to an aromatic ring is 1. The molecule has 0 unspecified atom stereocenters. The van der Waals surface area contributed by atoms with Gasteiger partial charge in [0.15, 0.2) is 5.13 Å². The third kappa shape index (κ3) is 5.45. The van der Waals surface area contributed by atoms with Crippen LogP contribution in [0.4, 0.5) is 14.3 Å². The lowest BCUT2D eigenvalue weighted by atomic mass is 10.00. The van der Waals surface area contributed by atoms with Crippen LogP contribution in [-0.2, 0) is 22.7 Å². The first-order valence-electron chi connectivity index (χ1n) is 13.6. The predicted molar refractivity (Wildman–Crippen MR) is 157 cm³/mol. The normalized spacial score (nSPS) is 18.5. The molecule has 3 aromatic carbocycles. The number of nitrogens with zero attached hydrogens (tertiary/aromatic N) is 6. The lowest BCUT2D eigenvalue weighted by Gasteiger charge is -2.46. The van der Waals surface area contributed by atoms with E-state index < -0.39 is 24.1 Å². The van der Waals surface area contributed by atoms with Gasteiger partial charge in [0.2, 0.25) is 5.91 Å². The maximum absolute atomic E-state index is 14.1. The number of hydrogen-bond donors (Lipinski definition) is 2. The van der Waals surface area contributed by atoms with E-state index in [-0.39, 0.29) is 44.5 Å². The Balaban J connectivity index is 1.32. The molecule has 0 bridgehead atoms. The molecule has 43 heavy (non-hydrogen) atoms. The highest BCUT2D eigenvalue weighted by atomic mass is 32.1. The highest BCUT2D eigenvalue weighted by Crippen LogP contribution is 2.37. The number of anilines is 1. The molecular formula is C30H27FN8O3S. The number of amides is 4. The summed E-state index contributed by atoms with van der Waals surface area (Å²) >= 11 is 1.36. The number of nitriles is 1. The minimum Gasteiger partial charge on any atom is -0.375 e. The molecule has 6 rings (SSSR count). The fraction of sp³-hybridized carbons (Fsp3) is 0.233. The number of rotatable bonds is 7. The van der Waals surface area contributed by atoms with Crippen LogP contribution in [-0.4, -0.2) is 68.4 Å². The van der Waals surface area contributed by atoms with Crippen LogP contribution in [0.15, 0.2) is 72.8 Å². The Morgan fingerprint density at radius 3 is 2.63 bits per heavy atom. The van der Waals surface area contributed by atoms with E-state index in [2.05, 4.69) is 10.3 Å². The van der Waals surface area contributed by atoms with Crippen molar-refractivity contribution in [1.29, 1.82) is 5.26 Å². The Kier molecular flexibility index (Phi) is 7.62. The lowest BCUT2D eigenvalue weighted by molar-refractivity contribution is -0.158. The van der Waals surface area contributed by atoms with Crippen molar-refractivity contribution in [2.24, 2.45) is 0 Å². The number of benzene rings is 3. The maximum atomic E-state index is 14.1. The van der Waals surface area contributed by atoms with Crippen LogP contribution in [0.2, 0.25) is 0 Å². The topological polar surface area (TPSA) is 139 Å². The second-order valence-electron chi connectivity index (χ2n) is 10.2. The summed E-state index contributed by atoms with van der Waals surface area (Å²) in [6, 6.07) is 20.9. The zero-order valence-electron chi connectivity index (χ0n) is 22.9. The first kappa shape index (κ1) is 28.1. The number of urea groups is 1. The number of halogens is 1. The zero-order valence-corrected chi connectivity index (χ0v) is 23.7. The molecule has 2 saturated heterocycles. The summed E-state index contributed by atoms with van der Waals surface area (Å²) in [6.07, 6.45) is -0.722. The van der Waals surface area contributed by atoms with Crippen molar-refractivity contribution in [3.8, 4) is 6.07 Å². The number of para-hydroxylation sites is 1. The fourth-order valence-corrected chi connectivity index (χ4v) is 6.40. The van der Waals surface area contributed by atoms with Crippen LogP contribution in [0.3, 0.4) is 0 Å². The van der Waals surface area contributed by atoms with Crippen LogP contribution in [0, 0.1) is 17.1 Å². The van der Waals surface area contributed by atoms with Gasteiger partial charge in [0, 0.05) is 13.1 Å². The largest absolute Gasteiger partial charge is 0.375 e. The molecule has 0 aliphatic carbocycles. The van der Waals surface area contributed by atoms with Gasteiger partial charge in [0.1, 0.15) is 24.6 Å². The first-order valence-corrected chi connectivity index (χ1v) is 14.4. The van der Waals surface area contributed by atoms with Gasteiger partial charge >= 0.3 is 6.03 Å². The number of hydrogen-bond acceptors (Lipinski definition) is 8. The van der Waals surface area contributed by atoms with Crippen molar-refractivity contribution in [1.82, 2.24) is 30.1 Å². The Labute approximate surface area is 250 Å². The van der Waals surface area contributed by atoms with Gasteiger partial charge in [-0.15, -0.1) is 0 Å². The molecule has 3 heterocycles. The molecule has 3 N–H and O–H groups in total. The third-order valence-corrected chi connectivity index (χ3v) is 8.43. The quantitative estimate of drug-likeness (QED) is 0.312. The number of hydrazine groups is 1. The SMILES string of the molecule is N#CCN(C(=O)NCc1ccc(F)cc1)N1CC(=O)N2[C@@H](c3ccccc3)C(=O)N(Cc3cccc4sc(N)nc34)C[C@@H]21. The van der Waals surface area contributed by atoms with E-state index in [0.29, 0.717) is 21.8 Å². The third-order valence-electron chi connectivity index (χ3n) is 7.58. The van der Waals surface area contributed by atoms with Gasteiger partial charge in [-0.25, -0.2) is 19.2 Å². The molecule has 11 nitrogen and oxygen atoms in total. The smallest absolute Gasteiger partial charge is 0.333 e. The number of piperazine rings is 1. The number of carbonyl (C=O) groups excluding carboxylic acids is 3. The molecule has 0 saturated carbocycles. The number of nitrogens with two attached hydrogens (primary N) is 1. The summed E-state index contributed by atoms with van der Waals surface area (Å²) in [6.45, 7) is -0.121. The van der Waals surface area contributed by atoms with Crippen LogP contribution < -0.4 is 11.1 Å². The molecule has 2 atom stereocenters. The number of nitrogens with one attached hydrogen (secondary N) is 1. The van der Waals surface area contributed by atoms with Crippen LogP contribution in [0.5, 0.6) is 0 Å². The summed E-state index contributed by atoms with van der Waals surface area (Å²) in [5.74, 6) is -0.989. The minimum atomic E-state index is -0.927. The van der Waals surface area contributed by atoms with E-state index in [1.54, 1.807) is 46.3 Å². The second kappa shape index (κ2) is 11.7. The number of carbonyl (C=O) groups is 3. The monoisotopic (exact) mass is 598 g/mol. The second-order valence-corrected chi connectivity index (χ2v) is 11.3. The zero-order chi connectivity index (χ0) is 30.1. The summed E-state index contributed by atoms with van der Waals surface area (Å²) in [5.41, 5.74) is 8.79. The van der Waals surface area contributed by atoms with Gasteiger partial charge in [-0.1, -0.05) is 65.9 Å². The molecule has 4 aromatic rings. The Hall–Kier alpha value is -5.06. The first-order chi connectivity index (χ1) is 20.8. The molecule has 2 aliphatic rings. The van der Waals surface area contributed by atoms with Gasteiger partial charge in [0.25, 0.3) is 5.91 Å². The highest BCUT2D eigenvalue weighted by molar-refractivity contribution is 7.22. The fourth-order valence-electron chi connectivity index (χ4n) is 5.61. The molecule has 4 amide bonds. The summed E-state index contributed by atoms with van der Waals surface area (Å²) < 4.78 is 14.2. The van der Waals surface area contributed by atoms with Gasteiger partial charge in [0.05, 0.1) is 29.4 Å². The van der Waals surface area contributed by atoms with Gasteiger partial charge in [-0.3, -0.25) is 9.59 Å². The van der Waals surface area contributed by atoms with E-state index in [1.165, 1.54) is 33.4 Å². The van der Waals surface area contributed by atoms with E-state index >= 15 is 0 Å². The standard InChI is InChI=1S/C30H27FN8O3S/c31-22-11-9-19(10-12-22)15-34-30(42)37(14-13-32)38-18-25(40)39-24(38)17-36(28(41)27(39)20-5-2-1-3-6-20)16-21-7-4-8-23-26(21)35-29(33)43-23/h1-12,24,27H,14-18H2,(H2,33,35)(H,34,42)/t24-,27+/m1/s1. The van der Waals surface area contributed by atoms with Crippen molar-refractivity contribution in [2.45, 2.75) is 25.3 Å². The van der Waals surface area contributed by atoms with Gasteiger partial charge in [-0.05, 0) is 34.9 Å². The molecule has 2 aliphatic heterocycles. The highest BCUT2D eigenvalue weighted by Gasteiger charge is 2.52. The van der Waals surface area contributed by atoms with Gasteiger partial charge < -0.3 is 20.9 Å². The van der Waals surface area contributed by atoms with Crippen molar-refractivity contribution in [3.05, 3.63) is 95.3 Å². The minimum absolute atomic E-state index is 0.0925. The Bertz CT molecular complexity index is 1730. The van der Waals surface area contributed by atoms with Crippen LogP contribution in [0.25, 0.3) is 10.2 Å². The van der Waals surface area contributed by atoms with Crippen molar-refractivity contribution >= 4 is 44.5 Å². The number of fused-ring (bicyclic) bond motifs is 2. The average Bonchev–Trinajstić information content (AvgIpc) is 3.55. The van der Waals surface area contributed by atoms with Crippen molar-refractivity contribution in [2.75, 3.05) is 25.4 Å². The van der Waals surface area contributed by atoms with Crippen LogP contribution in [0.1, 0.15) is 22.7 Å². The summed E-state index contributed by atoms with van der Waals surface area (Å²) in [5, 5.41) is 15.5. The molecule has 218 valence electrons. The number of thiazole rings is 1. The Morgan fingerprint density at radius 1 is 1.12 bits per heavy atom. The molecule has 1 aromatic heterocycles. The summed E-state index contributed by atoms with van der Waals surface area (Å²) in [4.78, 5) is 48.7. The van der Waals surface area contributed by atoms with E-state index in [4.69, 9.17) is 5.73 Å². The lowest BCUT2D eigenvalue weighted by Crippen LogP contribution is -2.62. The maximum Gasteiger partial charge on any atom is 0.333 e. The molecule has 0 radical (unpaired) electrons. The van der Waals surface area contributed by atoms with Crippen LogP contribution >= 0.6 is 11.3 Å². The predicted octanol–water partition coefficient (Wildman–Crippen LogP) is 3.22. The molecular weight excluding hydrogens is 571 g/mol.